The van der Waals surface area contributed by atoms with Crippen LogP contribution < -0.4 is 15.4 Å². The van der Waals surface area contributed by atoms with Gasteiger partial charge in [0.15, 0.2) is 0 Å². The third kappa shape index (κ3) is 4.53. The fourth-order valence-electron chi connectivity index (χ4n) is 1.47. The van der Waals surface area contributed by atoms with Crippen LogP contribution in [0.1, 0.15) is 23.7 Å². The summed E-state index contributed by atoms with van der Waals surface area (Å²) in [6, 6.07) is 3.93. The maximum absolute atomic E-state index is 11.6. The van der Waals surface area contributed by atoms with Crippen molar-refractivity contribution in [3.05, 3.63) is 23.8 Å². The van der Waals surface area contributed by atoms with Gasteiger partial charge < -0.3 is 20.5 Å². The lowest BCUT2D eigenvalue weighted by molar-refractivity contribution is 0.0697. The number of rotatable bonds is 5. The first kappa shape index (κ1) is 15.4. The van der Waals surface area contributed by atoms with Crippen molar-refractivity contribution in [1.29, 1.82) is 0 Å². The topological polar surface area (TPSA) is 87.7 Å². The lowest BCUT2D eigenvalue weighted by Gasteiger charge is -2.10. The maximum atomic E-state index is 11.6. The highest BCUT2D eigenvalue weighted by Crippen LogP contribution is 2.21. The molecule has 6 nitrogen and oxygen atoms in total. The molecule has 1 aromatic rings. The van der Waals surface area contributed by atoms with Gasteiger partial charge in [0, 0.05) is 13.0 Å². The second-order valence-electron chi connectivity index (χ2n) is 3.77. The van der Waals surface area contributed by atoms with Gasteiger partial charge >= 0.3 is 12.0 Å². The summed E-state index contributed by atoms with van der Waals surface area (Å²) in [5, 5.41) is 14.2. The molecule has 0 atom stereocenters. The normalized spacial score (nSPS) is 9.10. The molecule has 2 amide bonds. The summed E-state index contributed by atoms with van der Waals surface area (Å²) < 4.78 is 4.95. The second kappa shape index (κ2) is 7.69. The van der Waals surface area contributed by atoms with Crippen LogP contribution in [0.25, 0.3) is 0 Å². The number of nitrogens with one attached hydrogen (secondary N) is 2. The molecule has 0 fully saturated rings. The van der Waals surface area contributed by atoms with E-state index in [4.69, 9.17) is 9.84 Å². The molecule has 0 aromatic heterocycles. The van der Waals surface area contributed by atoms with Crippen molar-refractivity contribution >= 4 is 17.7 Å². The number of ether oxygens (including phenoxy) is 1. The Hall–Kier alpha value is -2.68. The van der Waals surface area contributed by atoms with Crippen molar-refractivity contribution < 1.29 is 19.4 Å². The molecule has 0 unspecified atom stereocenters. The number of carbonyl (C=O) groups is 2. The Morgan fingerprint density at radius 3 is 2.75 bits per heavy atom. The molecule has 0 saturated carbocycles. The number of hydrogen-bond donors (Lipinski definition) is 3. The third-order valence-electron chi connectivity index (χ3n) is 2.42. The van der Waals surface area contributed by atoms with E-state index in [1.54, 1.807) is 13.0 Å². The van der Waals surface area contributed by atoms with E-state index in [2.05, 4.69) is 22.5 Å². The molecule has 3 N–H and O–H groups in total. The van der Waals surface area contributed by atoms with Gasteiger partial charge in [0.05, 0.1) is 18.4 Å². The Labute approximate surface area is 117 Å². The Morgan fingerprint density at radius 1 is 1.40 bits per heavy atom. The van der Waals surface area contributed by atoms with Crippen LogP contribution in [-0.2, 0) is 0 Å². The largest absolute Gasteiger partial charge is 0.497 e. The minimum absolute atomic E-state index is 0.0344. The van der Waals surface area contributed by atoms with Crippen molar-refractivity contribution in [2.24, 2.45) is 0 Å². The summed E-state index contributed by atoms with van der Waals surface area (Å²) in [6.45, 7) is 2.11. The number of carboxylic acids is 1. The number of benzene rings is 1. The maximum Gasteiger partial charge on any atom is 0.337 e. The molecule has 1 aromatic carbocycles. The van der Waals surface area contributed by atoms with Gasteiger partial charge in [-0.2, -0.15) is 0 Å². The minimum atomic E-state index is -1.14. The molecule has 106 valence electrons. The molecule has 0 aliphatic carbocycles. The SMILES string of the molecule is CC#CCCNC(=O)Nc1ccc(OC)cc1C(=O)O. The van der Waals surface area contributed by atoms with Crippen molar-refractivity contribution in [1.82, 2.24) is 5.32 Å². The van der Waals surface area contributed by atoms with E-state index in [0.29, 0.717) is 18.7 Å². The summed E-state index contributed by atoms with van der Waals surface area (Å²) in [5.41, 5.74) is 0.172. The van der Waals surface area contributed by atoms with Gasteiger partial charge in [-0.1, -0.05) is 0 Å². The van der Waals surface area contributed by atoms with E-state index >= 15 is 0 Å². The first-order valence-corrected chi connectivity index (χ1v) is 5.94. The highest BCUT2D eigenvalue weighted by Gasteiger charge is 2.13. The molecular weight excluding hydrogens is 260 g/mol. The molecule has 0 aliphatic rings. The highest BCUT2D eigenvalue weighted by atomic mass is 16.5. The van der Waals surface area contributed by atoms with Crippen LogP contribution in [0.15, 0.2) is 18.2 Å². The molecule has 0 spiro atoms. The third-order valence-corrected chi connectivity index (χ3v) is 2.42. The van der Waals surface area contributed by atoms with Crippen LogP contribution in [0.2, 0.25) is 0 Å². The zero-order chi connectivity index (χ0) is 15.0. The molecule has 1 rings (SSSR count). The number of carbonyl (C=O) groups excluding carboxylic acids is 1. The summed E-state index contributed by atoms with van der Waals surface area (Å²) in [5.74, 6) is 4.79. The summed E-state index contributed by atoms with van der Waals surface area (Å²) in [6.07, 6.45) is 0.540. The Kier molecular flexibility index (Phi) is 5.91. The molecule has 0 bridgehead atoms. The average molecular weight is 276 g/mol. The Balaban J connectivity index is 2.72. The van der Waals surface area contributed by atoms with Gasteiger partial charge in [-0.3, -0.25) is 0 Å². The molecule has 20 heavy (non-hydrogen) atoms. The fraction of sp³-hybridized carbons (Fsp3) is 0.286. The number of hydrogen-bond acceptors (Lipinski definition) is 3. The molecule has 0 radical (unpaired) electrons. The van der Waals surface area contributed by atoms with Gasteiger partial charge in [0.25, 0.3) is 0 Å². The Morgan fingerprint density at radius 2 is 2.15 bits per heavy atom. The molecule has 6 heteroatoms. The standard InChI is InChI=1S/C14H16N2O4/c1-3-4-5-8-15-14(19)16-12-7-6-10(20-2)9-11(12)13(17)18/h6-7,9H,5,8H2,1-2H3,(H,17,18)(H2,15,16,19). The van der Waals surface area contributed by atoms with Crippen molar-refractivity contribution in [2.45, 2.75) is 13.3 Å². The van der Waals surface area contributed by atoms with E-state index in [0.717, 1.165) is 0 Å². The van der Waals surface area contributed by atoms with Crippen molar-refractivity contribution in [3.8, 4) is 17.6 Å². The Bertz CT molecular complexity index is 558. The van der Waals surface area contributed by atoms with Crippen molar-refractivity contribution in [3.63, 3.8) is 0 Å². The first-order valence-electron chi connectivity index (χ1n) is 5.94. The van der Waals surface area contributed by atoms with Crippen LogP contribution in [-0.4, -0.2) is 30.8 Å². The van der Waals surface area contributed by atoms with E-state index in [1.165, 1.54) is 19.2 Å². The molecule has 0 aliphatic heterocycles. The quantitative estimate of drug-likeness (QED) is 0.566. The summed E-state index contributed by atoms with van der Waals surface area (Å²) in [7, 11) is 1.44. The average Bonchev–Trinajstić information content (AvgIpc) is 2.43. The molecule has 0 heterocycles. The van der Waals surface area contributed by atoms with Gasteiger partial charge in [-0.25, -0.2) is 9.59 Å². The van der Waals surface area contributed by atoms with Gasteiger partial charge in [0.2, 0.25) is 0 Å². The zero-order valence-corrected chi connectivity index (χ0v) is 11.3. The molecular formula is C14H16N2O4. The van der Waals surface area contributed by atoms with Crippen molar-refractivity contribution in [2.75, 3.05) is 19.0 Å². The van der Waals surface area contributed by atoms with Crippen LogP contribution in [0, 0.1) is 11.8 Å². The first-order chi connectivity index (χ1) is 9.58. The summed E-state index contributed by atoms with van der Waals surface area (Å²) >= 11 is 0. The lowest BCUT2D eigenvalue weighted by atomic mass is 10.1. The van der Waals surface area contributed by atoms with Crippen LogP contribution in [0.3, 0.4) is 0 Å². The fourth-order valence-corrected chi connectivity index (χ4v) is 1.47. The van der Waals surface area contributed by atoms with Gasteiger partial charge in [-0.15, -0.1) is 11.8 Å². The lowest BCUT2D eigenvalue weighted by Crippen LogP contribution is -2.30. The van der Waals surface area contributed by atoms with E-state index in [9.17, 15) is 9.59 Å². The number of aromatic carboxylic acids is 1. The molecule has 0 saturated heterocycles. The van der Waals surface area contributed by atoms with Crippen LogP contribution in [0.5, 0.6) is 5.75 Å². The van der Waals surface area contributed by atoms with Gasteiger partial charge in [-0.05, 0) is 25.1 Å². The van der Waals surface area contributed by atoms with Gasteiger partial charge in [0.1, 0.15) is 5.75 Å². The van der Waals surface area contributed by atoms with Crippen LogP contribution >= 0.6 is 0 Å². The van der Waals surface area contributed by atoms with Crippen LogP contribution in [0.4, 0.5) is 10.5 Å². The number of carboxylic acid groups (broad SMARTS) is 1. The predicted octanol–water partition coefficient (Wildman–Crippen LogP) is 1.93. The monoisotopic (exact) mass is 276 g/mol. The van der Waals surface area contributed by atoms with E-state index in [-0.39, 0.29) is 11.3 Å². The number of amides is 2. The zero-order valence-electron chi connectivity index (χ0n) is 11.3. The smallest absolute Gasteiger partial charge is 0.337 e. The second-order valence-corrected chi connectivity index (χ2v) is 3.77. The van der Waals surface area contributed by atoms with E-state index < -0.39 is 12.0 Å². The number of anilines is 1. The minimum Gasteiger partial charge on any atom is -0.497 e. The number of methoxy groups -OCH3 is 1. The van der Waals surface area contributed by atoms with E-state index in [1.807, 2.05) is 0 Å². The summed E-state index contributed by atoms with van der Waals surface area (Å²) in [4.78, 5) is 22.7. The number of urea groups is 1. The highest BCUT2D eigenvalue weighted by molar-refractivity contribution is 6.00. The predicted molar refractivity (Wildman–Crippen MR) is 75.0 cm³/mol.